The number of hydrogen-bond donors (Lipinski definition) is 1. The molecule has 0 bridgehead atoms. The molecular formula is C19H23F2N5O. The van der Waals surface area contributed by atoms with Gasteiger partial charge in [-0.2, -0.15) is 10.4 Å². The highest BCUT2D eigenvalue weighted by Crippen LogP contribution is 2.27. The Kier molecular flexibility index (Phi) is 6.87. The van der Waals surface area contributed by atoms with Gasteiger partial charge in [0.2, 0.25) is 0 Å². The molecule has 3 rings (SSSR count). The van der Waals surface area contributed by atoms with E-state index >= 15 is 0 Å². The lowest BCUT2D eigenvalue weighted by atomic mass is 10.1. The second-order valence-electron chi connectivity index (χ2n) is 6.51. The largest absolute Gasteiger partial charge is 0.379 e. The fraction of sp³-hybridized carbons (Fsp3) is 0.474. The molecule has 27 heavy (non-hydrogen) atoms. The highest BCUT2D eigenvalue weighted by Gasteiger charge is 2.19. The van der Waals surface area contributed by atoms with E-state index in [0.29, 0.717) is 30.8 Å². The molecule has 1 N–H and O–H groups in total. The van der Waals surface area contributed by atoms with E-state index in [1.165, 1.54) is 18.2 Å². The van der Waals surface area contributed by atoms with Crippen molar-refractivity contribution in [3.8, 4) is 17.3 Å². The summed E-state index contributed by atoms with van der Waals surface area (Å²) in [5.41, 5.74) is 0.955. The average molecular weight is 375 g/mol. The molecule has 0 atom stereocenters. The molecule has 0 aliphatic carbocycles. The van der Waals surface area contributed by atoms with Crippen molar-refractivity contribution in [1.82, 2.24) is 20.0 Å². The van der Waals surface area contributed by atoms with E-state index in [2.05, 4.69) is 26.1 Å². The summed E-state index contributed by atoms with van der Waals surface area (Å²) >= 11 is 0. The number of nitrogens with one attached hydrogen (secondary N) is 1. The molecule has 2 aromatic rings. The van der Waals surface area contributed by atoms with Crippen LogP contribution in [0.5, 0.6) is 0 Å². The van der Waals surface area contributed by atoms with Crippen LogP contribution in [0.3, 0.4) is 0 Å². The number of nitrogens with zero attached hydrogens (tertiary/aromatic N) is 4. The van der Waals surface area contributed by atoms with Crippen LogP contribution >= 0.6 is 0 Å². The fourth-order valence-electron chi connectivity index (χ4n) is 3.21. The van der Waals surface area contributed by atoms with Gasteiger partial charge in [-0.25, -0.2) is 8.78 Å². The van der Waals surface area contributed by atoms with Crippen LogP contribution in [0.2, 0.25) is 0 Å². The predicted octanol–water partition coefficient (Wildman–Crippen LogP) is 2.40. The number of nitriles is 1. The topological polar surface area (TPSA) is 68.2 Å². The second-order valence-corrected chi connectivity index (χ2v) is 6.51. The molecule has 1 aliphatic heterocycles. The van der Waals surface area contributed by atoms with Crippen LogP contribution in [-0.2, 0) is 11.3 Å². The zero-order valence-electron chi connectivity index (χ0n) is 15.1. The van der Waals surface area contributed by atoms with Crippen molar-refractivity contribution >= 4 is 0 Å². The Morgan fingerprint density at radius 1 is 1.22 bits per heavy atom. The average Bonchev–Trinajstić information content (AvgIpc) is 3.12. The lowest BCUT2D eigenvalue weighted by molar-refractivity contribution is 0.0330. The summed E-state index contributed by atoms with van der Waals surface area (Å²) in [6, 6.07) is 5.96. The first-order valence-electron chi connectivity index (χ1n) is 9.05. The molecule has 0 radical (unpaired) electrons. The smallest absolute Gasteiger partial charge is 0.135 e. The highest BCUT2D eigenvalue weighted by atomic mass is 19.1. The molecule has 0 amide bonds. The van der Waals surface area contributed by atoms with Crippen molar-refractivity contribution in [2.24, 2.45) is 0 Å². The summed E-state index contributed by atoms with van der Waals surface area (Å²) in [6.45, 7) is 5.92. The van der Waals surface area contributed by atoms with Crippen LogP contribution in [0, 0.1) is 23.0 Å². The van der Waals surface area contributed by atoms with E-state index in [9.17, 15) is 8.78 Å². The van der Waals surface area contributed by atoms with E-state index in [0.717, 1.165) is 39.4 Å². The van der Waals surface area contributed by atoms with Gasteiger partial charge in [0.05, 0.1) is 36.7 Å². The van der Waals surface area contributed by atoms with Crippen molar-refractivity contribution in [3.05, 3.63) is 41.6 Å². The third-order valence-electron chi connectivity index (χ3n) is 4.70. The summed E-state index contributed by atoms with van der Waals surface area (Å²) in [5, 5.41) is 15.7. The fourth-order valence-corrected chi connectivity index (χ4v) is 3.21. The lowest BCUT2D eigenvalue weighted by Gasteiger charge is -2.29. The number of benzene rings is 1. The van der Waals surface area contributed by atoms with E-state index in [-0.39, 0.29) is 5.56 Å². The molecule has 8 heteroatoms. The highest BCUT2D eigenvalue weighted by molar-refractivity contribution is 5.64. The summed E-state index contributed by atoms with van der Waals surface area (Å²) < 4.78 is 33.7. The van der Waals surface area contributed by atoms with Crippen LogP contribution in [0.4, 0.5) is 8.78 Å². The first-order valence-corrected chi connectivity index (χ1v) is 9.05. The first-order chi connectivity index (χ1) is 13.2. The van der Waals surface area contributed by atoms with E-state index < -0.39 is 11.6 Å². The Morgan fingerprint density at radius 2 is 1.96 bits per heavy atom. The monoisotopic (exact) mass is 375 g/mol. The molecule has 1 aromatic heterocycles. The lowest BCUT2D eigenvalue weighted by Crippen LogP contribution is -2.41. The van der Waals surface area contributed by atoms with Crippen molar-refractivity contribution in [2.45, 2.75) is 13.0 Å². The number of hydrogen-bond acceptors (Lipinski definition) is 5. The van der Waals surface area contributed by atoms with Crippen LogP contribution in [0.1, 0.15) is 12.0 Å². The van der Waals surface area contributed by atoms with Crippen LogP contribution in [0.15, 0.2) is 24.4 Å². The summed E-state index contributed by atoms with van der Waals surface area (Å²) in [4.78, 5) is 4.43. The Balaban J connectivity index is 1.72. The van der Waals surface area contributed by atoms with Gasteiger partial charge in [-0.1, -0.05) is 6.07 Å². The minimum absolute atomic E-state index is 0.0987. The van der Waals surface area contributed by atoms with Gasteiger partial charge in [0.1, 0.15) is 11.6 Å². The molecule has 2 heterocycles. The molecule has 144 valence electrons. The maximum absolute atomic E-state index is 14.2. The van der Waals surface area contributed by atoms with Crippen molar-refractivity contribution in [3.63, 3.8) is 0 Å². The Labute approximate surface area is 157 Å². The predicted molar refractivity (Wildman–Crippen MR) is 96.7 cm³/mol. The van der Waals surface area contributed by atoms with Gasteiger partial charge in [-0.05, 0) is 12.1 Å². The molecule has 1 fully saturated rings. The number of ether oxygens (including phenoxy) is 1. The number of morpholine rings is 1. The number of H-pyrrole nitrogens is 1. The molecule has 0 spiro atoms. The number of halogens is 2. The van der Waals surface area contributed by atoms with Gasteiger partial charge in [0.25, 0.3) is 0 Å². The number of rotatable bonds is 8. The zero-order chi connectivity index (χ0) is 19.1. The van der Waals surface area contributed by atoms with Crippen LogP contribution < -0.4 is 0 Å². The van der Waals surface area contributed by atoms with Crippen LogP contribution in [-0.4, -0.2) is 65.9 Å². The van der Waals surface area contributed by atoms with Crippen molar-refractivity contribution < 1.29 is 13.5 Å². The molecule has 1 saturated heterocycles. The molecule has 1 aliphatic rings. The number of aromatic amines is 1. The normalized spacial score (nSPS) is 15.2. The van der Waals surface area contributed by atoms with Gasteiger partial charge < -0.3 is 4.74 Å². The SMILES string of the molecule is N#CCCN(CCN1CCOCC1)Cc1cn[nH]c1-c1c(F)cccc1F. The Morgan fingerprint density at radius 3 is 2.67 bits per heavy atom. The van der Waals surface area contributed by atoms with E-state index in [1.54, 1.807) is 6.20 Å². The number of aromatic nitrogens is 2. The second kappa shape index (κ2) is 9.55. The third kappa shape index (κ3) is 5.10. The summed E-state index contributed by atoms with van der Waals surface area (Å²) in [7, 11) is 0. The van der Waals surface area contributed by atoms with Gasteiger partial charge in [0, 0.05) is 51.3 Å². The zero-order valence-corrected chi connectivity index (χ0v) is 15.1. The Bertz CT molecular complexity index is 762. The molecule has 6 nitrogen and oxygen atoms in total. The minimum atomic E-state index is -0.627. The van der Waals surface area contributed by atoms with Gasteiger partial charge in [0.15, 0.2) is 0 Å². The van der Waals surface area contributed by atoms with E-state index in [1.807, 2.05) is 0 Å². The molecular weight excluding hydrogens is 352 g/mol. The van der Waals surface area contributed by atoms with Gasteiger partial charge in [-0.3, -0.25) is 14.9 Å². The quantitative estimate of drug-likeness (QED) is 0.767. The van der Waals surface area contributed by atoms with Crippen molar-refractivity contribution in [2.75, 3.05) is 45.9 Å². The van der Waals surface area contributed by atoms with E-state index in [4.69, 9.17) is 10.00 Å². The standard InChI is InChI=1S/C19H23F2N5O/c20-16-3-1-4-17(21)18(16)19-15(13-23-24-19)14-26(6-2-5-22)8-7-25-9-11-27-12-10-25/h1,3-4,13H,2,6-12,14H2,(H,23,24). The minimum Gasteiger partial charge on any atom is -0.379 e. The molecule has 1 aromatic carbocycles. The molecule has 0 unspecified atom stereocenters. The first kappa shape index (κ1) is 19.4. The Hall–Kier alpha value is -2.34. The molecule has 0 saturated carbocycles. The van der Waals surface area contributed by atoms with Gasteiger partial charge >= 0.3 is 0 Å². The summed E-state index contributed by atoms with van der Waals surface area (Å²) in [5.74, 6) is -1.25. The maximum atomic E-state index is 14.2. The third-order valence-corrected chi connectivity index (χ3v) is 4.70. The maximum Gasteiger partial charge on any atom is 0.135 e. The summed E-state index contributed by atoms with van der Waals surface area (Å²) in [6.07, 6.45) is 1.99. The van der Waals surface area contributed by atoms with Crippen molar-refractivity contribution in [1.29, 1.82) is 5.26 Å². The van der Waals surface area contributed by atoms with Crippen LogP contribution in [0.25, 0.3) is 11.3 Å². The van der Waals surface area contributed by atoms with Gasteiger partial charge in [-0.15, -0.1) is 0 Å².